The van der Waals surface area contributed by atoms with Gasteiger partial charge in [-0.2, -0.15) is 13.2 Å². The van der Waals surface area contributed by atoms with Crippen LogP contribution in [0, 0.1) is 18.6 Å². The number of pyridine rings is 1. The highest BCUT2D eigenvalue weighted by molar-refractivity contribution is 5.97. The van der Waals surface area contributed by atoms with Crippen LogP contribution in [0.1, 0.15) is 46.1 Å². The van der Waals surface area contributed by atoms with Crippen molar-refractivity contribution in [1.82, 2.24) is 9.88 Å². The molecule has 0 spiro atoms. The molecule has 0 saturated heterocycles. The van der Waals surface area contributed by atoms with Crippen molar-refractivity contribution in [3.05, 3.63) is 80.3 Å². The van der Waals surface area contributed by atoms with Crippen molar-refractivity contribution in [2.24, 2.45) is 7.05 Å². The van der Waals surface area contributed by atoms with Crippen LogP contribution in [0.5, 0.6) is 5.75 Å². The second-order valence-electron chi connectivity index (χ2n) is 10.3. The minimum absolute atomic E-state index is 0.0850. The number of hydrogen-bond acceptors (Lipinski definition) is 6. The average molecular weight is 624 g/mol. The number of anilines is 1. The standard InChI is InChI=1S/C30H30F5N3O6/c1-5-24(30(33,34)35)36-16-10-20(31)26(21(32)11-16)27(39)37-22(29(41)42)9-15-6-7-17(19-13-44-12-18(15)19)25-23(43-4)8-14(2)38(3)28(25)40/h6-8,10-11,22,24,36H,5,9,12-13H2,1-4H3,(H,37,39)(H,41,42). The van der Waals surface area contributed by atoms with Crippen molar-refractivity contribution < 1.29 is 46.1 Å². The smallest absolute Gasteiger partial charge is 0.408 e. The molecule has 0 bridgehead atoms. The van der Waals surface area contributed by atoms with Gasteiger partial charge < -0.3 is 29.8 Å². The molecule has 1 amide bonds. The van der Waals surface area contributed by atoms with Crippen LogP contribution in [0.2, 0.25) is 0 Å². The van der Waals surface area contributed by atoms with Gasteiger partial charge in [0.25, 0.3) is 11.5 Å². The van der Waals surface area contributed by atoms with E-state index in [2.05, 4.69) is 5.32 Å². The van der Waals surface area contributed by atoms with Crippen molar-refractivity contribution in [3.8, 4) is 16.9 Å². The summed E-state index contributed by atoms with van der Waals surface area (Å²) in [7, 11) is 3.05. The molecule has 1 aliphatic rings. The number of amides is 1. The third kappa shape index (κ3) is 6.39. The summed E-state index contributed by atoms with van der Waals surface area (Å²) in [4.78, 5) is 38.1. The predicted molar refractivity (Wildman–Crippen MR) is 150 cm³/mol. The zero-order chi connectivity index (χ0) is 32.5. The minimum Gasteiger partial charge on any atom is -0.496 e. The number of halogens is 5. The Morgan fingerprint density at radius 1 is 1.11 bits per heavy atom. The first-order chi connectivity index (χ1) is 20.7. The van der Waals surface area contributed by atoms with Gasteiger partial charge >= 0.3 is 12.1 Å². The molecular weight excluding hydrogens is 593 g/mol. The van der Waals surface area contributed by atoms with Crippen LogP contribution >= 0.6 is 0 Å². The van der Waals surface area contributed by atoms with E-state index in [0.717, 1.165) is 0 Å². The maximum absolute atomic E-state index is 14.8. The quantitative estimate of drug-likeness (QED) is 0.276. The fourth-order valence-electron chi connectivity index (χ4n) is 5.11. The number of benzene rings is 2. The first-order valence-electron chi connectivity index (χ1n) is 13.5. The van der Waals surface area contributed by atoms with E-state index < -0.39 is 59.4 Å². The topological polar surface area (TPSA) is 119 Å². The van der Waals surface area contributed by atoms with Crippen LogP contribution in [0.3, 0.4) is 0 Å². The number of nitrogens with one attached hydrogen (secondary N) is 2. The molecule has 1 aliphatic heterocycles. The van der Waals surface area contributed by atoms with Crippen molar-refractivity contribution in [2.45, 2.75) is 58.2 Å². The van der Waals surface area contributed by atoms with E-state index >= 15 is 0 Å². The van der Waals surface area contributed by atoms with Gasteiger partial charge in [-0.3, -0.25) is 9.59 Å². The number of aryl methyl sites for hydroxylation is 1. The summed E-state index contributed by atoms with van der Waals surface area (Å²) >= 11 is 0. The predicted octanol–water partition coefficient (Wildman–Crippen LogP) is 4.86. The van der Waals surface area contributed by atoms with Crippen molar-refractivity contribution in [3.63, 3.8) is 0 Å². The number of aromatic nitrogens is 1. The van der Waals surface area contributed by atoms with E-state index in [0.29, 0.717) is 51.4 Å². The summed E-state index contributed by atoms with van der Waals surface area (Å²) in [5.41, 5.74) is 1.18. The SMILES string of the molecule is CCC(Nc1cc(F)c(C(=O)NC(Cc2ccc(-c3c(OC)cc(C)n(C)c3=O)c3c2COC3)C(=O)O)c(F)c1)C(F)(F)F. The number of methoxy groups -OCH3 is 1. The van der Waals surface area contributed by atoms with E-state index in [1.54, 1.807) is 32.2 Å². The molecule has 2 aromatic carbocycles. The Morgan fingerprint density at radius 2 is 1.75 bits per heavy atom. The van der Waals surface area contributed by atoms with Crippen LogP contribution < -0.4 is 20.9 Å². The van der Waals surface area contributed by atoms with Gasteiger partial charge in [-0.1, -0.05) is 19.1 Å². The highest BCUT2D eigenvalue weighted by atomic mass is 19.4. The van der Waals surface area contributed by atoms with Gasteiger partial charge in [-0.15, -0.1) is 0 Å². The average Bonchev–Trinajstić information content (AvgIpc) is 3.44. The van der Waals surface area contributed by atoms with Gasteiger partial charge in [0.2, 0.25) is 0 Å². The summed E-state index contributed by atoms with van der Waals surface area (Å²) in [5.74, 6) is -5.51. The van der Waals surface area contributed by atoms with Crippen molar-refractivity contribution >= 4 is 17.6 Å². The molecule has 14 heteroatoms. The lowest BCUT2D eigenvalue weighted by molar-refractivity contribution is -0.143. The van der Waals surface area contributed by atoms with Gasteiger partial charge in [0.05, 0.1) is 25.9 Å². The second-order valence-corrected chi connectivity index (χ2v) is 10.3. The Kier molecular flexibility index (Phi) is 9.33. The van der Waals surface area contributed by atoms with Crippen molar-refractivity contribution in [1.29, 1.82) is 0 Å². The molecule has 3 aromatic rings. The largest absolute Gasteiger partial charge is 0.496 e. The highest BCUT2D eigenvalue weighted by Gasteiger charge is 2.38. The van der Waals surface area contributed by atoms with Crippen molar-refractivity contribution in [2.75, 3.05) is 12.4 Å². The first-order valence-corrected chi connectivity index (χ1v) is 13.5. The lowest BCUT2D eigenvalue weighted by atomic mass is 9.91. The monoisotopic (exact) mass is 623 g/mol. The highest BCUT2D eigenvalue weighted by Crippen LogP contribution is 2.37. The summed E-state index contributed by atoms with van der Waals surface area (Å²) < 4.78 is 81.4. The van der Waals surface area contributed by atoms with E-state index in [1.165, 1.54) is 18.6 Å². The minimum atomic E-state index is -4.68. The Balaban J connectivity index is 1.62. The number of rotatable bonds is 10. The number of alkyl halides is 3. The summed E-state index contributed by atoms with van der Waals surface area (Å²) in [6.07, 6.45) is -5.40. The zero-order valence-corrected chi connectivity index (χ0v) is 24.2. The van der Waals surface area contributed by atoms with Gasteiger partial charge in [0, 0.05) is 30.9 Å². The Morgan fingerprint density at radius 3 is 2.32 bits per heavy atom. The van der Waals surface area contributed by atoms with Crippen LogP contribution in [0.15, 0.2) is 35.1 Å². The third-order valence-electron chi connectivity index (χ3n) is 7.59. The lowest BCUT2D eigenvalue weighted by Crippen LogP contribution is -2.43. The number of ether oxygens (including phenoxy) is 2. The molecule has 1 aromatic heterocycles. The molecule has 9 nitrogen and oxygen atoms in total. The lowest BCUT2D eigenvalue weighted by Gasteiger charge is -2.22. The number of carboxylic acids is 1. The molecule has 2 unspecified atom stereocenters. The molecule has 236 valence electrons. The van der Waals surface area contributed by atoms with Gasteiger partial charge in [-0.05, 0) is 47.7 Å². The number of aliphatic carboxylic acids is 1. The Hall–Kier alpha value is -4.46. The summed E-state index contributed by atoms with van der Waals surface area (Å²) in [5, 5.41) is 13.9. The number of hydrogen-bond donors (Lipinski definition) is 3. The van der Waals surface area contributed by atoms with Gasteiger partial charge in [0.1, 0.15) is 35.0 Å². The molecule has 0 saturated carbocycles. The number of carbonyl (C=O) groups excluding carboxylic acids is 1. The molecule has 0 aliphatic carbocycles. The maximum Gasteiger partial charge on any atom is 0.408 e. The fourth-order valence-corrected chi connectivity index (χ4v) is 5.11. The van der Waals surface area contributed by atoms with Crippen LogP contribution in [0.25, 0.3) is 11.1 Å². The normalized spacial score (nSPS) is 14.1. The Bertz CT molecular complexity index is 1650. The molecule has 4 rings (SSSR count). The fraction of sp³-hybridized carbons (Fsp3) is 0.367. The molecule has 3 N–H and O–H groups in total. The first kappa shape index (κ1) is 32.5. The third-order valence-corrected chi connectivity index (χ3v) is 7.59. The van der Waals surface area contributed by atoms with E-state index in [-0.39, 0.29) is 25.2 Å². The van der Waals surface area contributed by atoms with Crippen LogP contribution in [0.4, 0.5) is 27.6 Å². The number of carbonyl (C=O) groups is 2. The number of nitrogens with zero attached hydrogens (tertiary/aromatic N) is 1. The molecule has 2 heterocycles. The number of carboxylic acid groups (broad SMARTS) is 1. The molecule has 2 atom stereocenters. The molecular formula is C30H30F5N3O6. The summed E-state index contributed by atoms with van der Waals surface area (Å²) in [6, 6.07) is 2.26. The number of fused-ring (bicyclic) bond motifs is 1. The summed E-state index contributed by atoms with van der Waals surface area (Å²) in [6.45, 7) is 3.19. The second kappa shape index (κ2) is 12.6. The van der Waals surface area contributed by atoms with Crippen LogP contribution in [-0.2, 0) is 36.2 Å². The Labute approximate surface area is 248 Å². The van der Waals surface area contributed by atoms with E-state index in [9.17, 15) is 41.4 Å². The molecule has 0 fully saturated rings. The van der Waals surface area contributed by atoms with E-state index in [4.69, 9.17) is 9.47 Å². The zero-order valence-electron chi connectivity index (χ0n) is 24.2. The van der Waals surface area contributed by atoms with E-state index in [1.807, 2.05) is 5.32 Å². The molecule has 0 radical (unpaired) electrons. The maximum atomic E-state index is 14.8. The molecule has 44 heavy (non-hydrogen) atoms. The van der Waals surface area contributed by atoms with Crippen LogP contribution in [-0.4, -0.2) is 46.9 Å². The van der Waals surface area contributed by atoms with Gasteiger partial charge in [0.15, 0.2) is 0 Å². The van der Waals surface area contributed by atoms with Gasteiger partial charge in [-0.25, -0.2) is 13.6 Å².